The standard InChI is InChI=1S/C13H19N3O2.2ClH/c1-9(11-5-3-4-6-14-11)16-13(17)12-10(2)18-8-7-15-12;;/h3-6,9-10,12,15H,7-8H2,1-2H3,(H,16,17);2*1H/t9?,10-,12+;;/m1../s1. The number of hydrogen-bond donors (Lipinski definition) is 2. The number of nitrogens with zero attached hydrogens (tertiary/aromatic N) is 1. The molecule has 1 unspecified atom stereocenters. The number of ether oxygens (including phenoxy) is 1. The van der Waals surface area contributed by atoms with Crippen molar-refractivity contribution >= 4 is 30.7 Å². The van der Waals surface area contributed by atoms with Gasteiger partial charge in [-0.2, -0.15) is 0 Å². The van der Waals surface area contributed by atoms with E-state index in [1.807, 2.05) is 32.0 Å². The number of amides is 1. The van der Waals surface area contributed by atoms with Crippen LogP contribution in [0.25, 0.3) is 0 Å². The predicted molar refractivity (Wildman–Crippen MR) is 82.5 cm³/mol. The molecule has 114 valence electrons. The molecule has 1 aliphatic heterocycles. The van der Waals surface area contributed by atoms with E-state index in [9.17, 15) is 4.79 Å². The number of hydrogen-bond acceptors (Lipinski definition) is 4. The first kappa shape index (κ1) is 19.1. The summed E-state index contributed by atoms with van der Waals surface area (Å²) in [6, 6.07) is 5.28. The van der Waals surface area contributed by atoms with Gasteiger partial charge >= 0.3 is 0 Å². The largest absolute Gasteiger partial charge is 0.375 e. The molecule has 0 saturated carbocycles. The first-order valence-corrected chi connectivity index (χ1v) is 6.25. The quantitative estimate of drug-likeness (QED) is 0.885. The normalized spacial score (nSPS) is 22.9. The van der Waals surface area contributed by atoms with Gasteiger partial charge < -0.3 is 15.4 Å². The molecule has 1 saturated heterocycles. The van der Waals surface area contributed by atoms with E-state index in [0.717, 1.165) is 5.69 Å². The van der Waals surface area contributed by atoms with E-state index in [1.54, 1.807) is 6.20 Å². The van der Waals surface area contributed by atoms with Gasteiger partial charge in [-0.05, 0) is 26.0 Å². The zero-order chi connectivity index (χ0) is 13.0. The van der Waals surface area contributed by atoms with E-state index in [-0.39, 0.29) is 48.9 Å². The number of halogens is 2. The lowest BCUT2D eigenvalue weighted by atomic mass is 10.1. The minimum Gasteiger partial charge on any atom is -0.375 e. The molecule has 5 nitrogen and oxygen atoms in total. The highest BCUT2D eigenvalue weighted by atomic mass is 35.5. The average Bonchev–Trinajstić information content (AvgIpc) is 2.40. The second-order valence-electron chi connectivity index (χ2n) is 4.49. The maximum absolute atomic E-state index is 12.1. The Hall–Kier alpha value is -0.880. The molecule has 7 heteroatoms. The van der Waals surface area contributed by atoms with Gasteiger partial charge in [0.15, 0.2) is 0 Å². The third-order valence-corrected chi connectivity index (χ3v) is 3.09. The maximum atomic E-state index is 12.1. The molecular formula is C13H21Cl2N3O2. The van der Waals surface area contributed by atoms with E-state index in [1.165, 1.54) is 0 Å². The molecule has 0 bridgehead atoms. The van der Waals surface area contributed by atoms with Crippen LogP contribution in [0.2, 0.25) is 0 Å². The maximum Gasteiger partial charge on any atom is 0.240 e. The van der Waals surface area contributed by atoms with Crippen molar-refractivity contribution in [2.75, 3.05) is 13.2 Å². The number of rotatable bonds is 3. The van der Waals surface area contributed by atoms with E-state index in [4.69, 9.17) is 4.74 Å². The van der Waals surface area contributed by atoms with Crippen LogP contribution in [0.1, 0.15) is 25.6 Å². The summed E-state index contributed by atoms with van der Waals surface area (Å²) in [7, 11) is 0. The molecular weight excluding hydrogens is 301 g/mol. The van der Waals surface area contributed by atoms with Crippen LogP contribution in [-0.4, -0.2) is 36.2 Å². The third kappa shape index (κ3) is 4.90. The molecule has 0 spiro atoms. The third-order valence-electron chi connectivity index (χ3n) is 3.09. The molecule has 0 aromatic carbocycles. The predicted octanol–water partition coefficient (Wildman–Crippen LogP) is 1.48. The van der Waals surface area contributed by atoms with Gasteiger partial charge in [-0.1, -0.05) is 6.07 Å². The van der Waals surface area contributed by atoms with Crippen molar-refractivity contribution in [3.63, 3.8) is 0 Å². The summed E-state index contributed by atoms with van der Waals surface area (Å²) in [6.07, 6.45) is 1.62. The summed E-state index contributed by atoms with van der Waals surface area (Å²) in [5.41, 5.74) is 0.857. The minimum absolute atomic E-state index is 0. The van der Waals surface area contributed by atoms with Crippen molar-refractivity contribution in [1.29, 1.82) is 0 Å². The zero-order valence-corrected chi connectivity index (χ0v) is 13.2. The fourth-order valence-electron chi connectivity index (χ4n) is 2.04. The Morgan fingerprint density at radius 1 is 1.50 bits per heavy atom. The van der Waals surface area contributed by atoms with E-state index in [2.05, 4.69) is 15.6 Å². The first-order chi connectivity index (χ1) is 8.68. The van der Waals surface area contributed by atoms with Crippen molar-refractivity contribution < 1.29 is 9.53 Å². The molecule has 1 aliphatic rings. The molecule has 2 heterocycles. The fourth-order valence-corrected chi connectivity index (χ4v) is 2.04. The van der Waals surface area contributed by atoms with Crippen LogP contribution in [0.5, 0.6) is 0 Å². The van der Waals surface area contributed by atoms with Crippen molar-refractivity contribution in [3.05, 3.63) is 30.1 Å². The molecule has 0 aliphatic carbocycles. The SMILES string of the molecule is CC(NC(=O)[C@H]1NCCO[C@@H]1C)c1ccccn1.Cl.Cl. The summed E-state index contributed by atoms with van der Waals surface area (Å²) < 4.78 is 5.46. The molecule has 3 atom stereocenters. The number of aromatic nitrogens is 1. The summed E-state index contributed by atoms with van der Waals surface area (Å²) in [6.45, 7) is 5.19. The highest BCUT2D eigenvalue weighted by Gasteiger charge is 2.29. The number of carbonyl (C=O) groups is 1. The second-order valence-corrected chi connectivity index (χ2v) is 4.49. The number of morpholine rings is 1. The van der Waals surface area contributed by atoms with Gasteiger partial charge in [-0.25, -0.2) is 0 Å². The van der Waals surface area contributed by atoms with Crippen LogP contribution in [0.15, 0.2) is 24.4 Å². The smallest absolute Gasteiger partial charge is 0.240 e. The summed E-state index contributed by atoms with van der Waals surface area (Å²) in [5.74, 6) is -0.0413. The molecule has 2 N–H and O–H groups in total. The average molecular weight is 322 g/mol. The van der Waals surface area contributed by atoms with E-state index in [0.29, 0.717) is 13.2 Å². The van der Waals surface area contributed by atoms with Crippen molar-refractivity contribution in [1.82, 2.24) is 15.6 Å². The lowest BCUT2D eigenvalue weighted by Crippen LogP contribution is -2.55. The second kappa shape index (κ2) is 9.13. The van der Waals surface area contributed by atoms with Crippen molar-refractivity contribution in [3.8, 4) is 0 Å². The molecule has 1 fully saturated rings. The first-order valence-electron chi connectivity index (χ1n) is 6.25. The lowest BCUT2D eigenvalue weighted by Gasteiger charge is -2.30. The Morgan fingerprint density at radius 3 is 2.85 bits per heavy atom. The van der Waals surface area contributed by atoms with Crippen LogP contribution in [0, 0.1) is 0 Å². The monoisotopic (exact) mass is 321 g/mol. The number of carbonyl (C=O) groups excluding carboxylic acids is 1. The Labute approximate surface area is 131 Å². The molecule has 20 heavy (non-hydrogen) atoms. The molecule has 1 amide bonds. The van der Waals surface area contributed by atoms with Gasteiger partial charge in [0, 0.05) is 12.7 Å². The molecule has 1 aromatic rings. The van der Waals surface area contributed by atoms with E-state index < -0.39 is 0 Å². The van der Waals surface area contributed by atoms with E-state index >= 15 is 0 Å². The van der Waals surface area contributed by atoms with Gasteiger partial charge in [-0.15, -0.1) is 24.8 Å². The number of nitrogens with one attached hydrogen (secondary N) is 2. The Kier molecular flexibility index (Phi) is 8.73. The number of pyridine rings is 1. The highest BCUT2D eigenvalue weighted by Crippen LogP contribution is 2.10. The van der Waals surface area contributed by atoms with Gasteiger partial charge in [0.1, 0.15) is 6.04 Å². The van der Waals surface area contributed by atoms with Crippen LogP contribution < -0.4 is 10.6 Å². The van der Waals surface area contributed by atoms with Crippen LogP contribution in [0.3, 0.4) is 0 Å². The van der Waals surface area contributed by atoms with Crippen LogP contribution in [0.4, 0.5) is 0 Å². The van der Waals surface area contributed by atoms with Gasteiger partial charge in [0.25, 0.3) is 0 Å². The Balaban J connectivity index is 0.00000180. The summed E-state index contributed by atoms with van der Waals surface area (Å²) in [5, 5.41) is 6.12. The molecule has 2 rings (SSSR count). The summed E-state index contributed by atoms with van der Waals surface area (Å²) >= 11 is 0. The minimum atomic E-state index is -0.287. The zero-order valence-electron chi connectivity index (χ0n) is 11.5. The van der Waals surface area contributed by atoms with Crippen LogP contribution >= 0.6 is 24.8 Å². The molecule has 0 radical (unpaired) electrons. The fraction of sp³-hybridized carbons (Fsp3) is 0.538. The van der Waals surface area contributed by atoms with Gasteiger partial charge in [-0.3, -0.25) is 9.78 Å². The van der Waals surface area contributed by atoms with Gasteiger partial charge in [0.05, 0.1) is 24.4 Å². The Bertz CT molecular complexity index is 406. The Morgan fingerprint density at radius 2 is 2.25 bits per heavy atom. The van der Waals surface area contributed by atoms with Crippen molar-refractivity contribution in [2.24, 2.45) is 0 Å². The molecule has 1 aromatic heterocycles. The van der Waals surface area contributed by atoms with Gasteiger partial charge in [0.2, 0.25) is 5.91 Å². The highest BCUT2D eigenvalue weighted by molar-refractivity contribution is 5.85. The van der Waals surface area contributed by atoms with Crippen LogP contribution in [-0.2, 0) is 9.53 Å². The topological polar surface area (TPSA) is 63.2 Å². The summed E-state index contributed by atoms with van der Waals surface area (Å²) in [4.78, 5) is 16.3. The lowest BCUT2D eigenvalue weighted by molar-refractivity contribution is -0.129. The van der Waals surface area contributed by atoms with Crippen molar-refractivity contribution in [2.45, 2.75) is 32.0 Å².